The van der Waals surface area contributed by atoms with Gasteiger partial charge in [-0.15, -0.1) is 0 Å². The van der Waals surface area contributed by atoms with Gasteiger partial charge in [-0.25, -0.2) is 0 Å². The molecule has 0 heterocycles. The summed E-state index contributed by atoms with van der Waals surface area (Å²) in [7, 11) is 0. The number of aryl methyl sites for hydroxylation is 3. The molecule has 0 aromatic heterocycles. The van der Waals surface area contributed by atoms with Crippen LogP contribution in [0, 0.1) is 20.8 Å². The van der Waals surface area contributed by atoms with Gasteiger partial charge in [0, 0.05) is 21.8 Å². The zero-order valence-corrected chi connectivity index (χ0v) is 18.0. The molecule has 1 atom stereocenters. The second-order valence-corrected chi connectivity index (χ2v) is 7.71. The summed E-state index contributed by atoms with van der Waals surface area (Å²) in [5.41, 5.74) is 4.76. The first-order chi connectivity index (χ1) is 13.2. The van der Waals surface area contributed by atoms with Crippen molar-refractivity contribution in [1.29, 1.82) is 0 Å². The van der Waals surface area contributed by atoms with Gasteiger partial charge in [-0.1, -0.05) is 47.0 Å². The third kappa shape index (κ3) is 6.23. The molecule has 3 N–H and O–H groups in total. The number of anilines is 1. The molecule has 2 aromatic carbocycles. The van der Waals surface area contributed by atoms with Crippen molar-refractivity contribution in [3.8, 4) is 0 Å². The number of carbonyl (C=O) groups is 2. The Kier molecular flexibility index (Phi) is 7.87. The minimum Gasteiger partial charge on any atom is -0.346 e. The second kappa shape index (κ2) is 9.92. The SMILES string of the molecule is Cc1cc(C)c(NC(=O)CNC(=O)CN[C@@H](C)c2ccc(Cl)cc2Cl)c(C)c1. The maximum Gasteiger partial charge on any atom is 0.243 e. The van der Waals surface area contributed by atoms with Gasteiger partial charge >= 0.3 is 0 Å². The van der Waals surface area contributed by atoms with Crippen molar-refractivity contribution in [3.63, 3.8) is 0 Å². The van der Waals surface area contributed by atoms with Crippen molar-refractivity contribution in [3.05, 3.63) is 62.6 Å². The van der Waals surface area contributed by atoms with Crippen molar-refractivity contribution in [2.24, 2.45) is 0 Å². The zero-order chi connectivity index (χ0) is 20.8. The molecule has 7 heteroatoms. The summed E-state index contributed by atoms with van der Waals surface area (Å²) in [6.45, 7) is 7.78. The molecule has 0 saturated heterocycles. The van der Waals surface area contributed by atoms with Crippen LogP contribution < -0.4 is 16.0 Å². The molecular formula is C21H25Cl2N3O2. The van der Waals surface area contributed by atoms with E-state index >= 15 is 0 Å². The topological polar surface area (TPSA) is 70.2 Å². The molecule has 2 amide bonds. The van der Waals surface area contributed by atoms with Crippen LogP contribution in [0.15, 0.2) is 30.3 Å². The molecule has 0 radical (unpaired) electrons. The average Bonchev–Trinajstić information content (AvgIpc) is 2.61. The molecule has 0 aliphatic rings. The van der Waals surface area contributed by atoms with Crippen LogP contribution in [-0.4, -0.2) is 24.9 Å². The molecule has 0 saturated carbocycles. The predicted molar refractivity (Wildman–Crippen MR) is 115 cm³/mol. The molecule has 150 valence electrons. The summed E-state index contributed by atoms with van der Waals surface area (Å²) in [4.78, 5) is 24.2. The Hall–Kier alpha value is -2.08. The van der Waals surface area contributed by atoms with Gasteiger partial charge in [0.25, 0.3) is 0 Å². The first-order valence-electron chi connectivity index (χ1n) is 9.00. The lowest BCUT2D eigenvalue weighted by molar-refractivity contribution is -0.123. The van der Waals surface area contributed by atoms with Crippen molar-refractivity contribution in [2.45, 2.75) is 33.7 Å². The number of rotatable bonds is 7. The van der Waals surface area contributed by atoms with E-state index in [-0.39, 0.29) is 30.9 Å². The number of amides is 2. The Morgan fingerprint density at radius 3 is 2.21 bits per heavy atom. The summed E-state index contributed by atoms with van der Waals surface area (Å²) in [6.07, 6.45) is 0. The maximum atomic E-state index is 12.2. The number of hydrogen-bond donors (Lipinski definition) is 3. The largest absolute Gasteiger partial charge is 0.346 e. The van der Waals surface area contributed by atoms with E-state index in [2.05, 4.69) is 16.0 Å². The highest BCUT2D eigenvalue weighted by atomic mass is 35.5. The normalized spacial score (nSPS) is 11.8. The van der Waals surface area contributed by atoms with Crippen LogP contribution in [0.25, 0.3) is 0 Å². The highest BCUT2D eigenvalue weighted by Gasteiger charge is 2.13. The van der Waals surface area contributed by atoms with Gasteiger partial charge in [0.1, 0.15) is 0 Å². The fourth-order valence-corrected chi connectivity index (χ4v) is 3.58. The van der Waals surface area contributed by atoms with Crippen molar-refractivity contribution >= 4 is 40.7 Å². The van der Waals surface area contributed by atoms with E-state index < -0.39 is 0 Å². The fourth-order valence-electron chi connectivity index (χ4n) is 3.01. The van der Waals surface area contributed by atoms with Crippen LogP contribution in [0.2, 0.25) is 10.0 Å². The van der Waals surface area contributed by atoms with E-state index in [1.165, 1.54) is 0 Å². The Bertz CT molecular complexity index is 861. The number of nitrogens with one attached hydrogen (secondary N) is 3. The molecular weight excluding hydrogens is 397 g/mol. The van der Waals surface area contributed by atoms with E-state index in [1.54, 1.807) is 12.1 Å². The molecule has 0 bridgehead atoms. The smallest absolute Gasteiger partial charge is 0.243 e. The van der Waals surface area contributed by atoms with Crippen molar-refractivity contribution < 1.29 is 9.59 Å². The van der Waals surface area contributed by atoms with Crippen LogP contribution >= 0.6 is 23.2 Å². The average molecular weight is 422 g/mol. The molecule has 0 aliphatic heterocycles. The maximum absolute atomic E-state index is 12.2. The Balaban J connectivity index is 1.81. The van der Waals surface area contributed by atoms with Gasteiger partial charge in [-0.05, 0) is 56.5 Å². The van der Waals surface area contributed by atoms with Crippen LogP contribution in [0.3, 0.4) is 0 Å². The summed E-state index contributed by atoms with van der Waals surface area (Å²) in [6, 6.07) is 9.11. The lowest BCUT2D eigenvalue weighted by Crippen LogP contribution is -2.39. The van der Waals surface area contributed by atoms with E-state index in [0.717, 1.165) is 27.9 Å². The molecule has 0 aliphatic carbocycles. The molecule has 2 rings (SSSR count). The Labute approximate surface area is 175 Å². The number of carbonyl (C=O) groups excluding carboxylic acids is 2. The Morgan fingerprint density at radius 2 is 1.61 bits per heavy atom. The molecule has 0 spiro atoms. The van der Waals surface area contributed by atoms with Crippen LogP contribution in [0.5, 0.6) is 0 Å². The van der Waals surface area contributed by atoms with Crippen LogP contribution in [0.4, 0.5) is 5.69 Å². The Morgan fingerprint density at radius 1 is 0.964 bits per heavy atom. The highest BCUT2D eigenvalue weighted by molar-refractivity contribution is 6.35. The molecule has 2 aromatic rings. The van der Waals surface area contributed by atoms with Gasteiger partial charge < -0.3 is 16.0 Å². The van der Waals surface area contributed by atoms with E-state index in [1.807, 2.05) is 45.9 Å². The third-order valence-electron chi connectivity index (χ3n) is 4.39. The number of benzene rings is 2. The van der Waals surface area contributed by atoms with Gasteiger partial charge in [0.2, 0.25) is 11.8 Å². The monoisotopic (exact) mass is 421 g/mol. The summed E-state index contributed by atoms with van der Waals surface area (Å²) >= 11 is 12.1. The van der Waals surface area contributed by atoms with Crippen molar-refractivity contribution in [1.82, 2.24) is 10.6 Å². The molecule has 0 unspecified atom stereocenters. The van der Waals surface area contributed by atoms with E-state index in [0.29, 0.717) is 10.0 Å². The van der Waals surface area contributed by atoms with Gasteiger partial charge in [0.15, 0.2) is 0 Å². The highest BCUT2D eigenvalue weighted by Crippen LogP contribution is 2.26. The minimum atomic E-state index is -0.274. The lowest BCUT2D eigenvalue weighted by Gasteiger charge is -2.16. The predicted octanol–water partition coefficient (Wildman–Crippen LogP) is 4.32. The molecule has 0 fully saturated rings. The van der Waals surface area contributed by atoms with Gasteiger partial charge in [0.05, 0.1) is 13.1 Å². The zero-order valence-electron chi connectivity index (χ0n) is 16.5. The third-order valence-corrected chi connectivity index (χ3v) is 4.95. The van der Waals surface area contributed by atoms with E-state index in [4.69, 9.17) is 23.2 Å². The van der Waals surface area contributed by atoms with Crippen LogP contribution in [-0.2, 0) is 9.59 Å². The summed E-state index contributed by atoms with van der Waals surface area (Å²) in [5, 5.41) is 9.66. The van der Waals surface area contributed by atoms with Crippen molar-refractivity contribution in [2.75, 3.05) is 18.4 Å². The fraction of sp³-hybridized carbons (Fsp3) is 0.333. The standard InChI is InChI=1S/C21H25Cl2N3O2/c1-12-7-13(2)21(14(3)8-12)26-20(28)11-25-19(27)10-24-15(4)17-6-5-16(22)9-18(17)23/h5-9,15,24H,10-11H2,1-4H3,(H,25,27)(H,26,28)/t15-/m0/s1. The first-order valence-corrected chi connectivity index (χ1v) is 9.75. The quantitative estimate of drug-likeness (QED) is 0.622. The van der Waals surface area contributed by atoms with Gasteiger partial charge in [-0.2, -0.15) is 0 Å². The molecule has 28 heavy (non-hydrogen) atoms. The van der Waals surface area contributed by atoms with Gasteiger partial charge in [-0.3, -0.25) is 9.59 Å². The summed E-state index contributed by atoms with van der Waals surface area (Å²) in [5.74, 6) is -0.540. The number of halogens is 2. The summed E-state index contributed by atoms with van der Waals surface area (Å²) < 4.78 is 0. The molecule has 5 nitrogen and oxygen atoms in total. The second-order valence-electron chi connectivity index (χ2n) is 6.87. The first kappa shape index (κ1) is 22.2. The minimum absolute atomic E-state index is 0.0655. The van der Waals surface area contributed by atoms with E-state index in [9.17, 15) is 9.59 Å². The number of hydrogen-bond acceptors (Lipinski definition) is 3. The lowest BCUT2D eigenvalue weighted by atomic mass is 10.1. The van der Waals surface area contributed by atoms with Crippen LogP contribution in [0.1, 0.15) is 35.2 Å².